The van der Waals surface area contributed by atoms with E-state index in [1.165, 1.54) is 24.4 Å². The van der Waals surface area contributed by atoms with Crippen LogP contribution in [0.2, 0.25) is 0 Å². The largest absolute Gasteiger partial charge is 0.416 e. The minimum atomic E-state index is -4.37. The van der Waals surface area contributed by atoms with Gasteiger partial charge in [-0.3, -0.25) is 4.79 Å². The van der Waals surface area contributed by atoms with Gasteiger partial charge in [0.1, 0.15) is 0 Å². The Morgan fingerprint density at radius 3 is 2.24 bits per heavy atom. The van der Waals surface area contributed by atoms with Crippen LogP contribution in [0.15, 0.2) is 41.3 Å². The van der Waals surface area contributed by atoms with Crippen molar-refractivity contribution >= 4 is 0 Å². The Labute approximate surface area is 93.9 Å². The number of hydrogen-bond acceptors (Lipinski definition) is 2. The third-order valence-corrected chi connectivity index (χ3v) is 2.25. The highest BCUT2D eigenvalue weighted by molar-refractivity contribution is 5.62. The van der Waals surface area contributed by atoms with E-state index < -0.39 is 17.3 Å². The Kier molecular flexibility index (Phi) is 2.71. The van der Waals surface area contributed by atoms with Gasteiger partial charge < -0.3 is 0 Å². The second-order valence-electron chi connectivity index (χ2n) is 3.37. The van der Waals surface area contributed by atoms with Gasteiger partial charge in [-0.15, -0.1) is 0 Å². The Morgan fingerprint density at radius 2 is 1.71 bits per heavy atom. The number of nitrogens with zero attached hydrogens (tertiary/aromatic N) is 1. The number of hydrogen-bond donors (Lipinski definition) is 1. The predicted molar refractivity (Wildman–Crippen MR) is 55.3 cm³/mol. The van der Waals surface area contributed by atoms with Gasteiger partial charge in [0.05, 0.1) is 5.56 Å². The van der Waals surface area contributed by atoms with Crippen LogP contribution in [-0.4, -0.2) is 10.2 Å². The van der Waals surface area contributed by atoms with Gasteiger partial charge in [0.15, 0.2) is 0 Å². The molecule has 0 atom stereocenters. The average molecular weight is 240 g/mol. The first-order chi connectivity index (χ1) is 7.98. The summed E-state index contributed by atoms with van der Waals surface area (Å²) in [7, 11) is 0. The van der Waals surface area contributed by atoms with Crippen LogP contribution in [0.1, 0.15) is 5.56 Å². The first-order valence-corrected chi connectivity index (χ1v) is 4.70. The summed E-state index contributed by atoms with van der Waals surface area (Å²) in [4.78, 5) is 11.4. The minimum absolute atomic E-state index is 0.286. The summed E-state index contributed by atoms with van der Waals surface area (Å²) in [6.07, 6.45) is -3.00. The van der Waals surface area contributed by atoms with Crippen LogP contribution < -0.4 is 5.56 Å². The van der Waals surface area contributed by atoms with Crippen molar-refractivity contribution in [3.63, 3.8) is 0 Å². The standard InChI is InChI=1S/C11H7F3N2O/c12-11(13,14)8-3-1-7(2-4-8)9-5-6-15-16-10(9)17/h1-6H,(H,16,17). The van der Waals surface area contributed by atoms with Gasteiger partial charge in [-0.2, -0.15) is 18.3 Å². The molecule has 1 aromatic carbocycles. The van der Waals surface area contributed by atoms with Crippen molar-refractivity contribution in [2.24, 2.45) is 0 Å². The summed E-state index contributed by atoms with van der Waals surface area (Å²) in [5.74, 6) is 0. The van der Waals surface area contributed by atoms with E-state index in [-0.39, 0.29) is 5.56 Å². The zero-order chi connectivity index (χ0) is 12.5. The van der Waals surface area contributed by atoms with Crippen LogP contribution in [0.3, 0.4) is 0 Å². The van der Waals surface area contributed by atoms with Crippen molar-refractivity contribution in [1.82, 2.24) is 10.2 Å². The number of H-pyrrole nitrogens is 1. The monoisotopic (exact) mass is 240 g/mol. The fourth-order valence-electron chi connectivity index (χ4n) is 1.41. The molecule has 0 aliphatic rings. The third-order valence-electron chi connectivity index (χ3n) is 2.25. The number of rotatable bonds is 1. The minimum Gasteiger partial charge on any atom is -0.267 e. The molecular weight excluding hydrogens is 233 g/mol. The summed E-state index contributed by atoms with van der Waals surface area (Å²) in [6, 6.07) is 5.84. The summed E-state index contributed by atoms with van der Waals surface area (Å²) in [6.45, 7) is 0. The van der Waals surface area contributed by atoms with Crippen LogP contribution in [0, 0.1) is 0 Å². The highest BCUT2D eigenvalue weighted by atomic mass is 19.4. The Bertz CT molecular complexity index is 572. The average Bonchev–Trinajstić information content (AvgIpc) is 2.29. The van der Waals surface area contributed by atoms with Crippen LogP contribution in [0.5, 0.6) is 0 Å². The molecule has 3 nitrogen and oxygen atoms in total. The molecule has 0 aliphatic carbocycles. The lowest BCUT2D eigenvalue weighted by atomic mass is 10.1. The molecule has 0 amide bonds. The third kappa shape index (κ3) is 2.35. The van der Waals surface area contributed by atoms with Crippen LogP contribution in [-0.2, 0) is 6.18 Å². The SMILES string of the molecule is O=c1[nH]nccc1-c1ccc(C(F)(F)F)cc1. The van der Waals surface area contributed by atoms with E-state index in [1.807, 2.05) is 0 Å². The van der Waals surface area contributed by atoms with Crippen molar-refractivity contribution in [2.45, 2.75) is 6.18 Å². The molecule has 0 radical (unpaired) electrons. The summed E-state index contributed by atoms with van der Waals surface area (Å²) < 4.78 is 37.0. The number of nitrogens with one attached hydrogen (secondary N) is 1. The van der Waals surface area contributed by atoms with E-state index in [1.54, 1.807) is 0 Å². The Hall–Kier alpha value is -2.11. The molecule has 6 heteroatoms. The molecule has 0 spiro atoms. The maximum absolute atomic E-state index is 12.3. The molecule has 0 aliphatic heterocycles. The van der Waals surface area contributed by atoms with Gasteiger partial charge in [-0.05, 0) is 23.8 Å². The van der Waals surface area contributed by atoms with Crippen molar-refractivity contribution in [3.8, 4) is 11.1 Å². The van der Waals surface area contributed by atoms with Crippen LogP contribution in [0.4, 0.5) is 13.2 Å². The number of halogens is 3. The fraction of sp³-hybridized carbons (Fsp3) is 0.0909. The molecule has 0 bridgehead atoms. The summed E-state index contributed by atoms with van der Waals surface area (Å²) in [5.41, 5.74) is -0.477. The second-order valence-corrected chi connectivity index (χ2v) is 3.37. The molecule has 1 N–H and O–H groups in total. The molecule has 17 heavy (non-hydrogen) atoms. The lowest BCUT2D eigenvalue weighted by Gasteiger charge is -2.07. The van der Waals surface area contributed by atoms with Gasteiger partial charge in [0.2, 0.25) is 0 Å². The van der Waals surface area contributed by atoms with Gasteiger partial charge >= 0.3 is 6.18 Å². The number of benzene rings is 1. The molecule has 0 saturated heterocycles. The summed E-state index contributed by atoms with van der Waals surface area (Å²) in [5, 5.41) is 5.73. The Morgan fingerprint density at radius 1 is 1.06 bits per heavy atom. The lowest BCUT2D eigenvalue weighted by Crippen LogP contribution is -2.10. The van der Waals surface area contributed by atoms with Crippen molar-refractivity contribution in [2.75, 3.05) is 0 Å². The van der Waals surface area contributed by atoms with E-state index in [9.17, 15) is 18.0 Å². The number of aromatic amines is 1. The molecule has 1 heterocycles. The number of aromatic nitrogens is 2. The van der Waals surface area contributed by atoms with E-state index in [0.29, 0.717) is 5.56 Å². The molecule has 0 unspecified atom stereocenters. The first kappa shape index (κ1) is 11.4. The molecule has 1 aromatic heterocycles. The van der Waals surface area contributed by atoms with Gasteiger partial charge in [-0.25, -0.2) is 5.10 Å². The van der Waals surface area contributed by atoms with Gasteiger partial charge in [-0.1, -0.05) is 12.1 Å². The Balaban J connectivity index is 2.44. The van der Waals surface area contributed by atoms with Crippen molar-refractivity contribution in [3.05, 3.63) is 52.4 Å². The van der Waals surface area contributed by atoms with Crippen LogP contribution >= 0.6 is 0 Å². The predicted octanol–water partition coefficient (Wildman–Crippen LogP) is 2.46. The molecule has 0 saturated carbocycles. The topological polar surface area (TPSA) is 45.8 Å². The maximum Gasteiger partial charge on any atom is 0.416 e. The normalized spacial score (nSPS) is 11.5. The highest BCUT2D eigenvalue weighted by Crippen LogP contribution is 2.30. The quantitative estimate of drug-likeness (QED) is 0.832. The van der Waals surface area contributed by atoms with Crippen molar-refractivity contribution < 1.29 is 13.2 Å². The van der Waals surface area contributed by atoms with E-state index >= 15 is 0 Å². The zero-order valence-corrected chi connectivity index (χ0v) is 8.45. The molecule has 2 aromatic rings. The smallest absolute Gasteiger partial charge is 0.267 e. The molecular formula is C11H7F3N2O. The molecule has 2 rings (SSSR count). The van der Waals surface area contributed by atoms with Gasteiger partial charge in [0, 0.05) is 11.8 Å². The van der Waals surface area contributed by atoms with E-state index in [0.717, 1.165) is 12.1 Å². The zero-order valence-electron chi connectivity index (χ0n) is 8.45. The van der Waals surface area contributed by atoms with Crippen molar-refractivity contribution in [1.29, 1.82) is 0 Å². The maximum atomic E-state index is 12.3. The molecule has 0 fully saturated rings. The molecule has 88 valence electrons. The fourth-order valence-corrected chi connectivity index (χ4v) is 1.41. The van der Waals surface area contributed by atoms with Gasteiger partial charge in [0.25, 0.3) is 5.56 Å². The van der Waals surface area contributed by atoms with E-state index in [2.05, 4.69) is 10.2 Å². The summed E-state index contributed by atoms with van der Waals surface area (Å²) >= 11 is 0. The highest BCUT2D eigenvalue weighted by Gasteiger charge is 2.29. The van der Waals surface area contributed by atoms with Crippen LogP contribution in [0.25, 0.3) is 11.1 Å². The second kappa shape index (κ2) is 4.04. The van der Waals surface area contributed by atoms with E-state index in [4.69, 9.17) is 0 Å². The number of alkyl halides is 3. The lowest BCUT2D eigenvalue weighted by molar-refractivity contribution is -0.137. The first-order valence-electron chi connectivity index (χ1n) is 4.70.